The standard InChI is InChI=1S/C19H16BrClN2O4S2/c20-12-2-1-3-14(8-12)23-16-10-29(25,26)11-17(16)28-19(23)22-18(24)9-27-15-6-4-13(21)5-7-15/h1-8,16-17H,9-11H2. The molecular weight excluding hydrogens is 500 g/mol. The number of benzene rings is 2. The first kappa shape index (κ1) is 20.7. The van der Waals surface area contributed by atoms with Crippen LogP contribution >= 0.6 is 39.3 Å². The smallest absolute Gasteiger partial charge is 0.285 e. The lowest BCUT2D eigenvalue weighted by atomic mass is 10.2. The van der Waals surface area contributed by atoms with E-state index in [0.29, 0.717) is 15.9 Å². The van der Waals surface area contributed by atoms with Crippen LogP contribution < -0.4 is 9.64 Å². The van der Waals surface area contributed by atoms with E-state index in [9.17, 15) is 13.2 Å². The molecule has 2 aromatic carbocycles. The molecule has 0 saturated carbocycles. The summed E-state index contributed by atoms with van der Waals surface area (Å²) in [5, 5.41) is 0.929. The fourth-order valence-corrected chi connectivity index (χ4v) is 7.75. The molecule has 152 valence electrons. The van der Waals surface area contributed by atoms with Gasteiger partial charge in [0.2, 0.25) is 0 Å². The Morgan fingerprint density at radius 2 is 2.00 bits per heavy atom. The highest BCUT2D eigenvalue weighted by Gasteiger charge is 2.49. The minimum atomic E-state index is -3.11. The molecule has 2 fully saturated rings. The van der Waals surface area contributed by atoms with Crippen molar-refractivity contribution < 1.29 is 17.9 Å². The highest BCUT2D eigenvalue weighted by Crippen LogP contribution is 2.41. The predicted molar refractivity (Wildman–Crippen MR) is 120 cm³/mol. The van der Waals surface area contributed by atoms with E-state index in [1.165, 1.54) is 11.8 Å². The molecule has 0 aliphatic carbocycles. The molecule has 2 heterocycles. The third kappa shape index (κ3) is 4.79. The van der Waals surface area contributed by atoms with Crippen molar-refractivity contribution in [3.63, 3.8) is 0 Å². The molecule has 10 heteroatoms. The van der Waals surface area contributed by atoms with Gasteiger partial charge < -0.3 is 9.64 Å². The molecule has 0 N–H and O–H groups in total. The summed E-state index contributed by atoms with van der Waals surface area (Å²) < 4.78 is 30.6. The minimum absolute atomic E-state index is 0.0473. The summed E-state index contributed by atoms with van der Waals surface area (Å²) in [5.41, 5.74) is 0.793. The predicted octanol–water partition coefficient (Wildman–Crippen LogP) is 3.78. The molecule has 2 atom stereocenters. The number of fused-ring (bicyclic) bond motifs is 1. The zero-order valence-electron chi connectivity index (χ0n) is 15.0. The van der Waals surface area contributed by atoms with Crippen LogP contribution in [-0.4, -0.2) is 48.9 Å². The number of thioether (sulfide) groups is 1. The van der Waals surface area contributed by atoms with Crippen LogP contribution in [0.4, 0.5) is 5.69 Å². The van der Waals surface area contributed by atoms with Crippen molar-refractivity contribution in [2.45, 2.75) is 11.3 Å². The molecular formula is C19H16BrClN2O4S2. The van der Waals surface area contributed by atoms with E-state index in [-0.39, 0.29) is 29.4 Å². The van der Waals surface area contributed by atoms with E-state index in [4.69, 9.17) is 16.3 Å². The number of sulfone groups is 1. The molecule has 2 unspecified atom stereocenters. The second-order valence-corrected chi connectivity index (χ2v) is 11.4. The Morgan fingerprint density at radius 3 is 2.72 bits per heavy atom. The van der Waals surface area contributed by atoms with Crippen molar-refractivity contribution in [3.8, 4) is 5.75 Å². The maximum Gasteiger partial charge on any atom is 0.285 e. The fraction of sp³-hybridized carbons (Fsp3) is 0.263. The van der Waals surface area contributed by atoms with Crippen LogP contribution in [0.15, 0.2) is 58.0 Å². The van der Waals surface area contributed by atoms with E-state index in [1.807, 2.05) is 29.2 Å². The molecule has 4 rings (SSSR count). The van der Waals surface area contributed by atoms with Gasteiger partial charge in [-0.3, -0.25) is 4.79 Å². The number of hydrogen-bond donors (Lipinski definition) is 0. The molecule has 29 heavy (non-hydrogen) atoms. The van der Waals surface area contributed by atoms with E-state index < -0.39 is 15.7 Å². The van der Waals surface area contributed by atoms with Gasteiger partial charge in [-0.05, 0) is 42.5 Å². The monoisotopic (exact) mass is 514 g/mol. The quantitative estimate of drug-likeness (QED) is 0.617. The zero-order valence-corrected chi connectivity index (χ0v) is 19.0. The largest absolute Gasteiger partial charge is 0.484 e. The van der Waals surface area contributed by atoms with Crippen LogP contribution in [-0.2, 0) is 14.6 Å². The van der Waals surface area contributed by atoms with Gasteiger partial charge in [0.1, 0.15) is 5.75 Å². The molecule has 6 nitrogen and oxygen atoms in total. The first-order valence-corrected chi connectivity index (χ1v) is 12.6. The topological polar surface area (TPSA) is 76.0 Å². The number of amides is 1. The van der Waals surface area contributed by atoms with Gasteiger partial charge in [-0.2, -0.15) is 4.99 Å². The summed E-state index contributed by atoms with van der Waals surface area (Å²) in [6, 6.07) is 14.0. The van der Waals surface area contributed by atoms with Crippen molar-refractivity contribution >= 4 is 65.9 Å². The van der Waals surface area contributed by atoms with E-state index in [2.05, 4.69) is 20.9 Å². The minimum Gasteiger partial charge on any atom is -0.484 e. The number of nitrogens with zero attached hydrogens (tertiary/aromatic N) is 2. The van der Waals surface area contributed by atoms with Gasteiger partial charge in [-0.1, -0.05) is 45.4 Å². The molecule has 2 aromatic rings. The Bertz CT molecular complexity index is 1080. The number of ether oxygens (including phenoxy) is 1. The number of halogens is 2. The molecule has 2 aliphatic heterocycles. The van der Waals surface area contributed by atoms with E-state index in [1.54, 1.807) is 24.3 Å². The lowest BCUT2D eigenvalue weighted by molar-refractivity contribution is -0.119. The van der Waals surface area contributed by atoms with Crippen LogP contribution in [0.5, 0.6) is 5.75 Å². The van der Waals surface area contributed by atoms with Crippen molar-refractivity contribution in [2.24, 2.45) is 4.99 Å². The van der Waals surface area contributed by atoms with Crippen LogP contribution in [0.1, 0.15) is 0 Å². The maximum absolute atomic E-state index is 12.4. The highest BCUT2D eigenvalue weighted by molar-refractivity contribution is 9.10. The second-order valence-electron chi connectivity index (χ2n) is 6.68. The molecule has 0 radical (unpaired) electrons. The lowest BCUT2D eigenvalue weighted by Gasteiger charge is -2.24. The summed E-state index contributed by atoms with van der Waals surface area (Å²) >= 11 is 10.6. The first-order chi connectivity index (χ1) is 13.8. The summed E-state index contributed by atoms with van der Waals surface area (Å²) in [7, 11) is -3.11. The molecule has 2 aliphatic rings. The fourth-order valence-electron chi connectivity index (χ4n) is 3.31. The summed E-state index contributed by atoms with van der Waals surface area (Å²) in [6.45, 7) is -0.217. The van der Waals surface area contributed by atoms with Crippen LogP contribution in [0.25, 0.3) is 0 Å². The number of aliphatic imine (C=N–C) groups is 1. The summed E-state index contributed by atoms with van der Waals surface area (Å²) in [6.07, 6.45) is 0. The maximum atomic E-state index is 12.4. The number of rotatable bonds is 4. The highest BCUT2D eigenvalue weighted by atomic mass is 79.9. The van der Waals surface area contributed by atoms with Crippen LogP contribution in [0.3, 0.4) is 0 Å². The third-order valence-corrected chi connectivity index (χ3v) is 8.50. The normalized spacial score (nSPS) is 23.9. The SMILES string of the molecule is O=C(COc1ccc(Cl)cc1)N=C1SC2CS(=O)(=O)CC2N1c1cccc(Br)c1. The van der Waals surface area contributed by atoms with Gasteiger partial charge in [0.25, 0.3) is 5.91 Å². The average Bonchev–Trinajstić information content (AvgIpc) is 3.12. The zero-order chi connectivity index (χ0) is 20.6. The number of anilines is 1. The summed E-state index contributed by atoms with van der Waals surface area (Å²) in [4.78, 5) is 18.5. The Morgan fingerprint density at radius 1 is 1.24 bits per heavy atom. The number of carbonyl (C=O) groups is 1. The third-order valence-electron chi connectivity index (χ3n) is 4.55. The Labute approximate surface area is 186 Å². The van der Waals surface area contributed by atoms with E-state index in [0.717, 1.165) is 10.2 Å². The molecule has 0 aromatic heterocycles. The Hall–Kier alpha value is -1.55. The van der Waals surface area contributed by atoms with Gasteiger partial charge in [0, 0.05) is 20.4 Å². The van der Waals surface area contributed by atoms with E-state index >= 15 is 0 Å². The van der Waals surface area contributed by atoms with Crippen molar-refractivity contribution in [1.82, 2.24) is 0 Å². The van der Waals surface area contributed by atoms with Crippen LogP contribution in [0, 0.1) is 0 Å². The van der Waals surface area contributed by atoms with Gasteiger partial charge in [0.05, 0.1) is 17.5 Å². The Kier molecular flexibility index (Phi) is 5.92. The van der Waals surface area contributed by atoms with Crippen molar-refractivity contribution in [2.75, 3.05) is 23.0 Å². The average molecular weight is 516 g/mol. The van der Waals surface area contributed by atoms with Crippen molar-refractivity contribution in [1.29, 1.82) is 0 Å². The van der Waals surface area contributed by atoms with Crippen molar-refractivity contribution in [3.05, 3.63) is 58.0 Å². The first-order valence-electron chi connectivity index (χ1n) is 8.72. The second kappa shape index (κ2) is 8.29. The number of carbonyl (C=O) groups excluding carboxylic acids is 1. The van der Waals surface area contributed by atoms with Gasteiger partial charge >= 0.3 is 0 Å². The molecule has 1 amide bonds. The van der Waals surface area contributed by atoms with Gasteiger partial charge in [-0.25, -0.2) is 8.42 Å². The number of hydrogen-bond acceptors (Lipinski definition) is 5. The van der Waals surface area contributed by atoms with Gasteiger partial charge in [0.15, 0.2) is 21.6 Å². The number of amidine groups is 1. The summed E-state index contributed by atoms with van der Waals surface area (Å²) in [5.74, 6) is 0.214. The molecule has 0 spiro atoms. The molecule has 2 saturated heterocycles. The Balaban J connectivity index is 1.56. The van der Waals surface area contributed by atoms with Gasteiger partial charge in [-0.15, -0.1) is 0 Å². The van der Waals surface area contributed by atoms with Crippen LogP contribution in [0.2, 0.25) is 5.02 Å². The lowest BCUT2D eigenvalue weighted by Crippen LogP contribution is -2.37. The molecule has 0 bridgehead atoms.